The predicted molar refractivity (Wildman–Crippen MR) is 128 cm³/mol. The van der Waals surface area contributed by atoms with Crippen LogP contribution in [-0.4, -0.2) is 20.2 Å². The highest BCUT2D eigenvalue weighted by molar-refractivity contribution is 5.72. The lowest BCUT2D eigenvalue weighted by Crippen LogP contribution is -2.49. The molecule has 0 saturated heterocycles. The maximum atomic E-state index is 9.22. The van der Waals surface area contributed by atoms with Crippen LogP contribution in [0.2, 0.25) is 0 Å². The quantitative estimate of drug-likeness (QED) is 0.441. The van der Waals surface area contributed by atoms with Gasteiger partial charge in [0.25, 0.3) is 0 Å². The van der Waals surface area contributed by atoms with Crippen molar-refractivity contribution in [2.24, 2.45) is 5.92 Å². The van der Waals surface area contributed by atoms with E-state index in [1.54, 1.807) is 26.2 Å². The Bertz CT molecular complexity index is 1240. The molecule has 4 rings (SSSR count). The Hall–Kier alpha value is -3.62. The van der Waals surface area contributed by atoms with Crippen LogP contribution in [0.15, 0.2) is 46.9 Å². The van der Waals surface area contributed by atoms with Gasteiger partial charge in [0.15, 0.2) is 5.76 Å². The number of hydrogen-bond donors (Lipinski definition) is 0. The monoisotopic (exact) mass is 439 g/mol. The molecular weight excluding hydrogens is 410 g/mol. The summed E-state index contributed by atoms with van der Waals surface area (Å²) in [4.78, 5) is 2.46. The first kappa shape index (κ1) is 22.6. The highest BCUT2D eigenvalue weighted by Crippen LogP contribution is 2.53. The second kappa shape index (κ2) is 8.06. The summed E-state index contributed by atoms with van der Waals surface area (Å²) in [7, 11) is 1.75. The Morgan fingerprint density at radius 3 is 2.55 bits per heavy atom. The molecule has 0 bridgehead atoms. The molecule has 0 aromatic heterocycles. The van der Waals surface area contributed by atoms with E-state index in [0.717, 1.165) is 25.3 Å². The van der Waals surface area contributed by atoms with Crippen LogP contribution >= 0.6 is 0 Å². The highest BCUT2D eigenvalue weighted by Gasteiger charge is 2.45. The molecule has 1 aromatic rings. The zero-order valence-corrected chi connectivity index (χ0v) is 20.2. The molecule has 168 valence electrons. The van der Waals surface area contributed by atoms with Crippen molar-refractivity contribution in [3.63, 3.8) is 0 Å². The van der Waals surface area contributed by atoms with Gasteiger partial charge in [0, 0.05) is 41.2 Å². The van der Waals surface area contributed by atoms with E-state index in [4.69, 9.17) is 9.47 Å². The molecule has 0 saturated carbocycles. The Morgan fingerprint density at radius 1 is 1.15 bits per heavy atom. The summed E-state index contributed by atoms with van der Waals surface area (Å²) in [6.45, 7) is 12.7. The van der Waals surface area contributed by atoms with E-state index in [1.807, 2.05) is 12.1 Å². The Balaban J connectivity index is 1.76. The minimum Gasteiger partial charge on any atom is -0.496 e. The number of nitrogens with zero attached hydrogens (tertiary/aromatic N) is 3. The van der Waals surface area contributed by atoms with Crippen LogP contribution in [0.4, 0.5) is 5.69 Å². The summed E-state index contributed by atoms with van der Waals surface area (Å²) in [5.41, 5.74) is 4.37. The third-order valence-corrected chi connectivity index (χ3v) is 7.13. The zero-order chi connectivity index (χ0) is 24.0. The van der Waals surface area contributed by atoms with Crippen molar-refractivity contribution in [2.45, 2.75) is 51.9 Å². The number of allylic oxidation sites excluding steroid dienone is 6. The molecule has 5 heteroatoms. The molecule has 3 aliphatic heterocycles. The van der Waals surface area contributed by atoms with Gasteiger partial charge >= 0.3 is 0 Å². The van der Waals surface area contributed by atoms with E-state index in [1.165, 1.54) is 16.8 Å². The molecule has 3 heterocycles. The van der Waals surface area contributed by atoms with Gasteiger partial charge in [-0.1, -0.05) is 39.7 Å². The molecule has 3 aliphatic rings. The van der Waals surface area contributed by atoms with Crippen LogP contribution in [0.3, 0.4) is 0 Å². The molecule has 1 aromatic carbocycles. The predicted octanol–water partition coefficient (Wildman–Crippen LogP) is 5.26. The lowest BCUT2D eigenvalue weighted by atomic mass is 9.65. The molecule has 5 nitrogen and oxygen atoms in total. The summed E-state index contributed by atoms with van der Waals surface area (Å²) in [5.74, 6) is 8.78. The maximum Gasteiger partial charge on any atom is 0.177 e. The first-order valence-electron chi connectivity index (χ1n) is 11.2. The van der Waals surface area contributed by atoms with E-state index in [2.05, 4.69) is 56.6 Å². The number of rotatable bonds is 1. The minimum absolute atomic E-state index is 0.0499. The second-order valence-corrected chi connectivity index (χ2v) is 10.1. The van der Waals surface area contributed by atoms with E-state index >= 15 is 0 Å². The fourth-order valence-corrected chi connectivity index (χ4v) is 5.09. The smallest absolute Gasteiger partial charge is 0.177 e. The summed E-state index contributed by atoms with van der Waals surface area (Å²) < 4.78 is 11.6. The van der Waals surface area contributed by atoms with Gasteiger partial charge in [0.2, 0.25) is 0 Å². The summed E-state index contributed by atoms with van der Waals surface area (Å²) in [6.07, 6.45) is 4.42. The molecule has 0 fully saturated rings. The van der Waals surface area contributed by atoms with E-state index in [9.17, 15) is 10.5 Å². The van der Waals surface area contributed by atoms with Gasteiger partial charge in [-0.05, 0) is 48.5 Å². The average Bonchev–Trinajstić information content (AvgIpc) is 2.77. The first-order chi connectivity index (χ1) is 15.6. The average molecular weight is 440 g/mol. The minimum atomic E-state index is -0.170. The SMILES string of the molecule is COc1ccc2c3c1C(C)(C)CCN3CC(C#CC1=CC(=C(C#N)C#N)C=C(C)O1)C2(C)C. The highest BCUT2D eigenvalue weighted by atomic mass is 16.5. The molecule has 33 heavy (non-hydrogen) atoms. The van der Waals surface area contributed by atoms with E-state index < -0.39 is 0 Å². The van der Waals surface area contributed by atoms with Gasteiger partial charge in [0.05, 0.1) is 7.11 Å². The van der Waals surface area contributed by atoms with Crippen LogP contribution in [0.25, 0.3) is 0 Å². The standard InChI is InChI=1S/C28H29N3O2/c1-18-13-19(20(15-29)16-30)14-22(33-18)8-7-21-17-31-12-11-27(2,3)25-24(32-6)10-9-23(26(25)31)28(21,4)5/h9-10,13-14,21H,11-12,17H2,1-6H3. The zero-order valence-electron chi connectivity index (χ0n) is 20.2. The number of methoxy groups -OCH3 is 1. The molecule has 0 amide bonds. The van der Waals surface area contributed by atoms with Crippen molar-refractivity contribution in [3.8, 4) is 29.7 Å². The largest absolute Gasteiger partial charge is 0.496 e. The molecule has 1 atom stereocenters. The Kier molecular flexibility index (Phi) is 5.51. The number of ether oxygens (including phenoxy) is 2. The lowest BCUT2D eigenvalue weighted by Gasteiger charge is -2.50. The van der Waals surface area contributed by atoms with Crippen LogP contribution < -0.4 is 9.64 Å². The van der Waals surface area contributed by atoms with Crippen LogP contribution in [0.1, 0.15) is 52.2 Å². The van der Waals surface area contributed by atoms with Crippen LogP contribution in [0.5, 0.6) is 5.75 Å². The van der Waals surface area contributed by atoms with Gasteiger partial charge in [-0.2, -0.15) is 10.5 Å². The summed E-state index contributed by atoms with van der Waals surface area (Å²) in [6, 6.07) is 8.17. The number of hydrogen-bond acceptors (Lipinski definition) is 5. The molecule has 0 radical (unpaired) electrons. The van der Waals surface area contributed by atoms with Crippen molar-refractivity contribution in [1.82, 2.24) is 0 Å². The normalized spacial score (nSPS) is 21.6. The van der Waals surface area contributed by atoms with Crippen molar-refractivity contribution in [2.75, 3.05) is 25.1 Å². The van der Waals surface area contributed by atoms with Gasteiger partial charge < -0.3 is 14.4 Å². The Labute approximate surface area is 196 Å². The fraction of sp³-hybridized carbons (Fsp3) is 0.429. The van der Waals surface area contributed by atoms with Gasteiger partial charge in [-0.25, -0.2) is 0 Å². The number of benzene rings is 1. The molecule has 0 spiro atoms. The second-order valence-electron chi connectivity index (χ2n) is 10.1. The van der Waals surface area contributed by atoms with Crippen LogP contribution in [-0.2, 0) is 15.6 Å². The van der Waals surface area contributed by atoms with E-state index in [-0.39, 0.29) is 22.3 Å². The topological polar surface area (TPSA) is 69.3 Å². The molecule has 0 aliphatic carbocycles. The van der Waals surface area contributed by atoms with Crippen molar-refractivity contribution in [1.29, 1.82) is 10.5 Å². The third kappa shape index (κ3) is 3.77. The third-order valence-electron chi connectivity index (χ3n) is 7.13. The maximum absolute atomic E-state index is 9.22. The van der Waals surface area contributed by atoms with Crippen molar-refractivity contribution < 1.29 is 9.47 Å². The molecule has 0 N–H and O–H groups in total. The molecule has 1 unspecified atom stereocenters. The molecular formula is C28H29N3O2. The fourth-order valence-electron chi connectivity index (χ4n) is 5.09. The van der Waals surface area contributed by atoms with Gasteiger partial charge in [0.1, 0.15) is 29.2 Å². The van der Waals surface area contributed by atoms with Gasteiger partial charge in [-0.3, -0.25) is 0 Å². The Morgan fingerprint density at radius 2 is 1.88 bits per heavy atom. The lowest BCUT2D eigenvalue weighted by molar-refractivity contribution is 0.320. The van der Waals surface area contributed by atoms with Crippen LogP contribution in [0, 0.1) is 40.4 Å². The first-order valence-corrected chi connectivity index (χ1v) is 11.2. The van der Waals surface area contributed by atoms with Crippen molar-refractivity contribution in [3.05, 3.63) is 58.1 Å². The summed E-state index contributed by atoms with van der Waals surface area (Å²) in [5, 5.41) is 18.4. The number of nitriles is 2. The van der Waals surface area contributed by atoms with Crippen molar-refractivity contribution >= 4 is 5.69 Å². The van der Waals surface area contributed by atoms with E-state index in [0.29, 0.717) is 17.1 Å². The number of anilines is 1. The van der Waals surface area contributed by atoms with Gasteiger partial charge in [-0.15, -0.1) is 0 Å². The summed E-state index contributed by atoms with van der Waals surface area (Å²) >= 11 is 0.